The third kappa shape index (κ3) is 2.44. The minimum atomic E-state index is -0.314. The molecule has 1 aliphatic heterocycles. The fourth-order valence-corrected chi connectivity index (χ4v) is 2.45. The summed E-state index contributed by atoms with van der Waals surface area (Å²) in [5.74, 6) is 0.0743. The average Bonchev–Trinajstić information content (AvgIpc) is 3.11. The lowest BCUT2D eigenvalue weighted by Gasteiger charge is -2.21. The maximum absolute atomic E-state index is 12.4. The maximum Gasteiger partial charge on any atom is 0.231 e. The van der Waals surface area contributed by atoms with Gasteiger partial charge in [-0.15, -0.1) is 0 Å². The third-order valence-corrected chi connectivity index (χ3v) is 3.82. The normalized spacial score (nSPS) is 21.9. The van der Waals surface area contributed by atoms with Crippen molar-refractivity contribution in [1.29, 1.82) is 0 Å². The highest BCUT2D eigenvalue weighted by Crippen LogP contribution is 2.26. The van der Waals surface area contributed by atoms with Gasteiger partial charge in [0, 0.05) is 30.3 Å². The molecule has 104 valence electrons. The van der Waals surface area contributed by atoms with E-state index in [1.54, 1.807) is 12.5 Å². The van der Waals surface area contributed by atoms with Crippen LogP contribution in [0.4, 0.5) is 5.69 Å². The van der Waals surface area contributed by atoms with E-state index in [4.69, 9.17) is 0 Å². The molecule has 2 N–H and O–H groups in total. The van der Waals surface area contributed by atoms with Crippen LogP contribution in [0.2, 0.25) is 0 Å². The fraction of sp³-hybridized carbons (Fsp3) is 0.333. The van der Waals surface area contributed by atoms with Crippen LogP contribution < -0.4 is 10.6 Å². The van der Waals surface area contributed by atoms with Gasteiger partial charge < -0.3 is 15.2 Å². The summed E-state index contributed by atoms with van der Waals surface area (Å²) in [7, 11) is 0. The van der Waals surface area contributed by atoms with Crippen molar-refractivity contribution in [2.24, 2.45) is 5.41 Å². The molecule has 0 radical (unpaired) electrons. The van der Waals surface area contributed by atoms with Gasteiger partial charge in [0.2, 0.25) is 5.91 Å². The number of rotatable bonds is 3. The number of nitrogens with zero attached hydrogens (tertiary/aromatic N) is 2. The summed E-state index contributed by atoms with van der Waals surface area (Å²) in [6.45, 7) is 3.64. The second-order valence-corrected chi connectivity index (χ2v) is 5.46. The van der Waals surface area contributed by atoms with Crippen LogP contribution in [0, 0.1) is 5.41 Å². The van der Waals surface area contributed by atoms with Crippen molar-refractivity contribution < 1.29 is 4.79 Å². The van der Waals surface area contributed by atoms with Crippen LogP contribution in [0.3, 0.4) is 0 Å². The number of aromatic nitrogens is 2. The predicted octanol–water partition coefficient (Wildman–Crippen LogP) is 1.81. The van der Waals surface area contributed by atoms with E-state index in [0.29, 0.717) is 0 Å². The molecule has 1 atom stereocenters. The molecule has 1 saturated heterocycles. The number of benzene rings is 1. The summed E-state index contributed by atoms with van der Waals surface area (Å²) in [5.41, 5.74) is 1.48. The van der Waals surface area contributed by atoms with Gasteiger partial charge in [0.25, 0.3) is 0 Å². The van der Waals surface area contributed by atoms with Crippen molar-refractivity contribution in [3.63, 3.8) is 0 Å². The SMILES string of the molecule is CC1(C(=O)Nc2cccc(-n3ccnc3)c2)CCNC1. The largest absolute Gasteiger partial charge is 0.326 e. The molecule has 20 heavy (non-hydrogen) atoms. The quantitative estimate of drug-likeness (QED) is 0.894. The molecule has 1 aliphatic rings. The zero-order valence-electron chi connectivity index (χ0n) is 11.5. The van der Waals surface area contributed by atoms with Gasteiger partial charge in [-0.05, 0) is 38.1 Å². The lowest BCUT2D eigenvalue weighted by atomic mass is 9.89. The first-order chi connectivity index (χ1) is 9.67. The summed E-state index contributed by atoms with van der Waals surface area (Å²) in [6.07, 6.45) is 6.23. The highest BCUT2D eigenvalue weighted by molar-refractivity contribution is 5.95. The zero-order valence-corrected chi connectivity index (χ0v) is 11.5. The number of imidazole rings is 1. The monoisotopic (exact) mass is 270 g/mol. The Bertz CT molecular complexity index is 600. The van der Waals surface area contributed by atoms with Gasteiger partial charge >= 0.3 is 0 Å². The smallest absolute Gasteiger partial charge is 0.231 e. The molecule has 2 aromatic rings. The standard InChI is InChI=1S/C15H18N4O/c1-15(5-6-16-10-15)14(20)18-12-3-2-4-13(9-12)19-8-7-17-11-19/h2-4,7-9,11,16H,5-6,10H2,1H3,(H,18,20). The Balaban J connectivity index is 1.78. The van der Waals surface area contributed by atoms with Crippen LogP contribution >= 0.6 is 0 Å². The van der Waals surface area contributed by atoms with E-state index in [2.05, 4.69) is 15.6 Å². The Kier molecular flexibility index (Phi) is 3.28. The lowest BCUT2D eigenvalue weighted by molar-refractivity contribution is -0.123. The third-order valence-electron chi connectivity index (χ3n) is 3.82. The minimum absolute atomic E-state index is 0.0743. The Labute approximate surface area is 118 Å². The predicted molar refractivity (Wildman–Crippen MR) is 77.8 cm³/mol. The maximum atomic E-state index is 12.4. The van der Waals surface area contributed by atoms with Gasteiger partial charge in [-0.2, -0.15) is 0 Å². The first-order valence-electron chi connectivity index (χ1n) is 6.78. The van der Waals surface area contributed by atoms with Crippen molar-refractivity contribution in [3.8, 4) is 5.69 Å². The summed E-state index contributed by atoms with van der Waals surface area (Å²) >= 11 is 0. The molecule has 1 amide bonds. The topological polar surface area (TPSA) is 59.0 Å². The Morgan fingerprint density at radius 2 is 2.40 bits per heavy atom. The first kappa shape index (κ1) is 12.9. The van der Waals surface area contributed by atoms with Crippen LogP contribution in [0.5, 0.6) is 0 Å². The Morgan fingerprint density at radius 1 is 1.50 bits per heavy atom. The minimum Gasteiger partial charge on any atom is -0.326 e. The molecule has 1 aromatic heterocycles. The van der Waals surface area contributed by atoms with Gasteiger partial charge in [0.15, 0.2) is 0 Å². The number of anilines is 1. The van der Waals surface area contributed by atoms with Crippen molar-refractivity contribution in [3.05, 3.63) is 43.0 Å². The molecule has 3 rings (SSSR count). The van der Waals surface area contributed by atoms with E-state index < -0.39 is 0 Å². The molecule has 0 spiro atoms. The summed E-state index contributed by atoms with van der Waals surface area (Å²) in [5, 5.41) is 6.25. The van der Waals surface area contributed by atoms with Crippen molar-refractivity contribution in [2.75, 3.05) is 18.4 Å². The van der Waals surface area contributed by atoms with Gasteiger partial charge in [0.1, 0.15) is 0 Å². The number of carbonyl (C=O) groups is 1. The van der Waals surface area contributed by atoms with Crippen molar-refractivity contribution in [1.82, 2.24) is 14.9 Å². The Morgan fingerprint density at radius 3 is 3.10 bits per heavy atom. The van der Waals surface area contributed by atoms with E-state index >= 15 is 0 Å². The molecule has 1 aromatic carbocycles. The summed E-state index contributed by atoms with van der Waals surface area (Å²) < 4.78 is 1.91. The number of hydrogen-bond acceptors (Lipinski definition) is 3. The summed E-state index contributed by atoms with van der Waals surface area (Å²) in [4.78, 5) is 16.4. The second kappa shape index (κ2) is 5.09. The first-order valence-corrected chi connectivity index (χ1v) is 6.78. The molecule has 0 aliphatic carbocycles. The van der Waals surface area contributed by atoms with Gasteiger partial charge in [0.05, 0.1) is 11.7 Å². The number of nitrogens with one attached hydrogen (secondary N) is 2. The number of carbonyl (C=O) groups excluding carboxylic acids is 1. The van der Waals surface area contributed by atoms with Crippen molar-refractivity contribution >= 4 is 11.6 Å². The molecule has 5 heteroatoms. The molecular weight excluding hydrogens is 252 g/mol. The van der Waals surface area contributed by atoms with Crippen LogP contribution in [0.15, 0.2) is 43.0 Å². The molecule has 1 unspecified atom stereocenters. The molecule has 5 nitrogen and oxygen atoms in total. The van der Waals surface area contributed by atoms with E-state index in [9.17, 15) is 4.79 Å². The average molecular weight is 270 g/mol. The van der Waals surface area contributed by atoms with E-state index in [1.807, 2.05) is 42.0 Å². The lowest BCUT2D eigenvalue weighted by Crippen LogP contribution is -2.35. The zero-order chi connectivity index (χ0) is 14.0. The van der Waals surface area contributed by atoms with E-state index in [0.717, 1.165) is 30.9 Å². The van der Waals surface area contributed by atoms with Crippen LogP contribution in [-0.4, -0.2) is 28.5 Å². The number of amides is 1. The van der Waals surface area contributed by atoms with Crippen LogP contribution in [0.25, 0.3) is 5.69 Å². The highest BCUT2D eigenvalue weighted by Gasteiger charge is 2.36. The molecule has 1 fully saturated rings. The molecular formula is C15H18N4O. The Hall–Kier alpha value is -2.14. The fourth-order valence-electron chi connectivity index (χ4n) is 2.45. The molecule has 2 heterocycles. The van der Waals surface area contributed by atoms with Crippen molar-refractivity contribution in [2.45, 2.75) is 13.3 Å². The van der Waals surface area contributed by atoms with Gasteiger partial charge in [-0.1, -0.05) is 6.07 Å². The van der Waals surface area contributed by atoms with E-state index in [1.165, 1.54) is 0 Å². The van der Waals surface area contributed by atoms with Crippen LogP contribution in [-0.2, 0) is 4.79 Å². The molecule has 0 bridgehead atoms. The summed E-state index contributed by atoms with van der Waals surface area (Å²) in [6, 6.07) is 7.77. The second-order valence-electron chi connectivity index (χ2n) is 5.46. The van der Waals surface area contributed by atoms with Gasteiger partial charge in [-0.25, -0.2) is 4.98 Å². The number of hydrogen-bond donors (Lipinski definition) is 2. The van der Waals surface area contributed by atoms with Crippen LogP contribution in [0.1, 0.15) is 13.3 Å². The molecule has 0 saturated carbocycles. The van der Waals surface area contributed by atoms with E-state index in [-0.39, 0.29) is 11.3 Å². The van der Waals surface area contributed by atoms with Gasteiger partial charge in [-0.3, -0.25) is 4.79 Å². The highest BCUT2D eigenvalue weighted by atomic mass is 16.2.